The summed E-state index contributed by atoms with van der Waals surface area (Å²) in [6, 6.07) is 8.58. The van der Waals surface area contributed by atoms with E-state index in [0.29, 0.717) is 19.0 Å². The largest absolute Gasteiger partial charge is 0.444 e. The van der Waals surface area contributed by atoms with Gasteiger partial charge in [0.25, 0.3) is 0 Å². The zero-order chi connectivity index (χ0) is 23.6. The van der Waals surface area contributed by atoms with Crippen LogP contribution in [0.2, 0.25) is 0 Å². The van der Waals surface area contributed by atoms with Crippen molar-refractivity contribution in [1.82, 2.24) is 16.0 Å². The van der Waals surface area contributed by atoms with E-state index in [2.05, 4.69) is 64.0 Å². The number of halogens is 1. The van der Waals surface area contributed by atoms with Crippen LogP contribution in [0.1, 0.15) is 53.0 Å². The second kappa shape index (κ2) is 13.8. The molecule has 0 aromatic heterocycles. The lowest BCUT2D eigenvalue weighted by molar-refractivity contribution is 0.0448. The Morgan fingerprint density at radius 2 is 1.70 bits per heavy atom. The fraction of sp³-hybridized carbons (Fsp3) is 0.667. The Bertz CT molecular complexity index is 739. The smallest absolute Gasteiger partial charge is 0.408 e. The van der Waals surface area contributed by atoms with Gasteiger partial charge in [-0.15, -0.1) is 24.0 Å². The third kappa shape index (κ3) is 9.95. The minimum absolute atomic E-state index is 0. The number of aliphatic imine (C=N–C) groups is 1. The number of ether oxygens (including phenoxy) is 2. The first-order valence-corrected chi connectivity index (χ1v) is 11.6. The van der Waals surface area contributed by atoms with Gasteiger partial charge in [-0.2, -0.15) is 0 Å². The van der Waals surface area contributed by atoms with Crippen molar-refractivity contribution in [3.63, 3.8) is 0 Å². The lowest BCUT2D eigenvalue weighted by Gasteiger charge is -2.34. The highest BCUT2D eigenvalue weighted by Crippen LogP contribution is 2.18. The SMILES string of the molecule is CCC(CC)(CNC(=NC)NCc1ccc(N2CCOCC2)cc1)NC(=O)OC(C)(C)C.I. The van der Waals surface area contributed by atoms with Crippen molar-refractivity contribution in [3.05, 3.63) is 29.8 Å². The Morgan fingerprint density at radius 1 is 1.09 bits per heavy atom. The van der Waals surface area contributed by atoms with Crippen LogP contribution >= 0.6 is 24.0 Å². The summed E-state index contributed by atoms with van der Waals surface area (Å²) >= 11 is 0. The Kier molecular flexibility index (Phi) is 12.3. The molecule has 0 radical (unpaired) electrons. The van der Waals surface area contributed by atoms with Crippen molar-refractivity contribution in [1.29, 1.82) is 0 Å². The first-order chi connectivity index (χ1) is 15.2. The number of benzene rings is 1. The number of morpholine rings is 1. The summed E-state index contributed by atoms with van der Waals surface area (Å²) < 4.78 is 10.9. The Labute approximate surface area is 216 Å². The van der Waals surface area contributed by atoms with Gasteiger partial charge in [-0.3, -0.25) is 4.99 Å². The number of carbonyl (C=O) groups is 1. The van der Waals surface area contributed by atoms with E-state index in [1.807, 2.05) is 20.8 Å². The fourth-order valence-electron chi connectivity index (χ4n) is 3.55. The Balaban J connectivity index is 0.00000544. The van der Waals surface area contributed by atoms with E-state index in [4.69, 9.17) is 9.47 Å². The Morgan fingerprint density at radius 3 is 2.21 bits per heavy atom. The van der Waals surface area contributed by atoms with E-state index in [-0.39, 0.29) is 24.0 Å². The maximum Gasteiger partial charge on any atom is 0.408 e. The molecule has 1 fully saturated rings. The van der Waals surface area contributed by atoms with E-state index in [9.17, 15) is 4.79 Å². The highest BCUT2D eigenvalue weighted by atomic mass is 127. The van der Waals surface area contributed by atoms with Crippen LogP contribution in [0.15, 0.2) is 29.3 Å². The van der Waals surface area contributed by atoms with Crippen LogP contribution < -0.4 is 20.9 Å². The third-order valence-electron chi connectivity index (χ3n) is 5.71. The van der Waals surface area contributed by atoms with Gasteiger partial charge in [0.05, 0.1) is 18.8 Å². The average molecular weight is 576 g/mol. The zero-order valence-electron chi connectivity index (χ0n) is 21.0. The van der Waals surface area contributed by atoms with E-state index in [0.717, 1.165) is 39.1 Å². The first kappa shape index (κ1) is 29.3. The van der Waals surface area contributed by atoms with Gasteiger partial charge < -0.3 is 30.3 Å². The summed E-state index contributed by atoms with van der Waals surface area (Å²) in [6.45, 7) is 14.4. The lowest BCUT2D eigenvalue weighted by Crippen LogP contribution is -2.57. The summed E-state index contributed by atoms with van der Waals surface area (Å²) in [5.41, 5.74) is 1.46. The van der Waals surface area contributed by atoms with Gasteiger partial charge in [-0.25, -0.2) is 4.79 Å². The molecule has 0 atom stereocenters. The second-order valence-electron chi connectivity index (χ2n) is 9.16. The van der Waals surface area contributed by atoms with Gasteiger partial charge in [0, 0.05) is 38.9 Å². The van der Waals surface area contributed by atoms with Crippen molar-refractivity contribution in [2.24, 2.45) is 4.99 Å². The van der Waals surface area contributed by atoms with Crippen LogP contribution in [0, 0.1) is 0 Å². The molecule has 9 heteroatoms. The van der Waals surface area contributed by atoms with Crippen molar-refractivity contribution in [3.8, 4) is 0 Å². The first-order valence-electron chi connectivity index (χ1n) is 11.6. The maximum absolute atomic E-state index is 12.3. The topological polar surface area (TPSA) is 87.2 Å². The number of hydrogen-bond acceptors (Lipinski definition) is 5. The number of rotatable bonds is 8. The number of amides is 1. The summed E-state index contributed by atoms with van der Waals surface area (Å²) in [5, 5.41) is 9.78. The Hall–Kier alpha value is -1.75. The number of nitrogens with one attached hydrogen (secondary N) is 3. The van der Waals surface area contributed by atoms with Crippen molar-refractivity contribution >= 4 is 41.7 Å². The molecule has 0 spiro atoms. The molecule has 0 saturated carbocycles. The summed E-state index contributed by atoms with van der Waals surface area (Å²) in [4.78, 5) is 19.0. The zero-order valence-corrected chi connectivity index (χ0v) is 23.3. The predicted molar refractivity (Wildman–Crippen MR) is 146 cm³/mol. The van der Waals surface area contributed by atoms with Gasteiger partial charge in [-0.05, 0) is 51.3 Å². The molecular weight excluding hydrogens is 533 g/mol. The average Bonchev–Trinajstić information content (AvgIpc) is 2.78. The van der Waals surface area contributed by atoms with Crippen molar-refractivity contribution in [2.45, 2.75) is 65.1 Å². The van der Waals surface area contributed by atoms with Crippen LogP contribution in [0.3, 0.4) is 0 Å². The van der Waals surface area contributed by atoms with E-state index >= 15 is 0 Å². The molecule has 3 N–H and O–H groups in total. The van der Waals surface area contributed by atoms with Gasteiger partial charge in [0.2, 0.25) is 0 Å². The molecule has 0 bridgehead atoms. The third-order valence-corrected chi connectivity index (χ3v) is 5.71. The molecular formula is C24H42IN5O3. The summed E-state index contributed by atoms with van der Waals surface area (Å²) in [6.07, 6.45) is 1.15. The number of hydrogen-bond donors (Lipinski definition) is 3. The molecule has 1 aromatic rings. The van der Waals surface area contributed by atoms with E-state index in [1.165, 1.54) is 11.3 Å². The molecule has 1 aliphatic rings. The number of guanidine groups is 1. The van der Waals surface area contributed by atoms with Crippen LogP contribution in [0.4, 0.5) is 10.5 Å². The molecule has 0 aliphatic carbocycles. The van der Waals surface area contributed by atoms with Crippen LogP contribution in [-0.2, 0) is 16.0 Å². The van der Waals surface area contributed by atoms with Gasteiger partial charge in [0.15, 0.2) is 5.96 Å². The highest BCUT2D eigenvalue weighted by Gasteiger charge is 2.30. The molecule has 33 heavy (non-hydrogen) atoms. The highest BCUT2D eigenvalue weighted by molar-refractivity contribution is 14.0. The molecule has 2 rings (SSSR count). The summed E-state index contributed by atoms with van der Waals surface area (Å²) in [5.74, 6) is 0.694. The summed E-state index contributed by atoms with van der Waals surface area (Å²) in [7, 11) is 1.75. The molecule has 1 saturated heterocycles. The molecule has 188 valence electrons. The van der Waals surface area contributed by atoms with Crippen LogP contribution in [0.25, 0.3) is 0 Å². The number of anilines is 1. The normalized spacial score (nSPS) is 14.8. The molecule has 8 nitrogen and oxygen atoms in total. The monoisotopic (exact) mass is 575 g/mol. The predicted octanol–water partition coefficient (Wildman–Crippen LogP) is 3.89. The number of carbonyl (C=O) groups excluding carboxylic acids is 1. The number of nitrogens with zero attached hydrogens (tertiary/aromatic N) is 2. The molecule has 1 aliphatic heterocycles. The minimum Gasteiger partial charge on any atom is -0.444 e. The second-order valence-corrected chi connectivity index (χ2v) is 9.16. The quantitative estimate of drug-likeness (QED) is 0.248. The van der Waals surface area contributed by atoms with E-state index < -0.39 is 17.2 Å². The van der Waals surface area contributed by atoms with Gasteiger partial charge >= 0.3 is 6.09 Å². The minimum atomic E-state index is -0.528. The fourth-order valence-corrected chi connectivity index (χ4v) is 3.55. The number of alkyl carbamates (subject to hydrolysis) is 1. The maximum atomic E-state index is 12.3. The van der Waals surface area contributed by atoms with E-state index in [1.54, 1.807) is 7.05 Å². The molecule has 1 amide bonds. The molecule has 1 aromatic carbocycles. The van der Waals surface area contributed by atoms with Gasteiger partial charge in [-0.1, -0.05) is 26.0 Å². The lowest BCUT2D eigenvalue weighted by atomic mass is 9.93. The molecule has 0 unspecified atom stereocenters. The molecule has 1 heterocycles. The van der Waals surface area contributed by atoms with Crippen LogP contribution in [-0.4, -0.2) is 63.1 Å². The van der Waals surface area contributed by atoms with Crippen molar-refractivity contribution in [2.75, 3.05) is 44.8 Å². The standard InChI is InChI=1S/C24H41N5O3.HI/c1-7-24(8-2,28-22(30)32-23(3,4)5)18-27-21(25-6)26-17-19-9-11-20(12-10-19)29-13-15-31-16-14-29;/h9-12H,7-8,13-18H2,1-6H3,(H,28,30)(H2,25,26,27);1H. The van der Waals surface area contributed by atoms with Crippen molar-refractivity contribution < 1.29 is 14.3 Å². The van der Waals surface area contributed by atoms with Gasteiger partial charge in [0.1, 0.15) is 5.60 Å². The van der Waals surface area contributed by atoms with Crippen LogP contribution in [0.5, 0.6) is 0 Å².